The maximum Gasteiger partial charge on any atom is 0.238 e. The summed E-state index contributed by atoms with van der Waals surface area (Å²) >= 11 is 3.39. The van der Waals surface area contributed by atoms with Crippen molar-refractivity contribution < 1.29 is 4.74 Å². The lowest BCUT2D eigenvalue weighted by Gasteiger charge is -2.06. The van der Waals surface area contributed by atoms with E-state index in [1.54, 1.807) is 6.20 Å². The molecule has 0 N–H and O–H groups in total. The van der Waals surface area contributed by atoms with Crippen LogP contribution in [0.3, 0.4) is 0 Å². The highest BCUT2D eigenvalue weighted by atomic mass is 79.9. The molecule has 0 atom stereocenters. The van der Waals surface area contributed by atoms with Crippen molar-refractivity contribution in [2.24, 2.45) is 0 Å². The number of nitrogens with zero attached hydrogens (tertiary/aromatic N) is 2. The zero-order valence-corrected chi connectivity index (χ0v) is 10.7. The Morgan fingerprint density at radius 3 is 2.69 bits per heavy atom. The summed E-state index contributed by atoms with van der Waals surface area (Å²) in [6.45, 7) is 3.83. The highest BCUT2D eigenvalue weighted by molar-refractivity contribution is 9.10. The van der Waals surface area contributed by atoms with E-state index in [1.165, 1.54) is 0 Å². The molecule has 4 heteroatoms. The first-order valence-corrected chi connectivity index (χ1v) is 5.68. The molecule has 0 unspecified atom stereocenters. The summed E-state index contributed by atoms with van der Waals surface area (Å²) in [7, 11) is 0. The third-order valence-corrected chi connectivity index (χ3v) is 2.68. The van der Waals surface area contributed by atoms with Gasteiger partial charge in [0.1, 0.15) is 5.75 Å². The largest absolute Gasteiger partial charge is 0.437 e. The minimum atomic E-state index is 0.515. The molecule has 0 bridgehead atoms. The Morgan fingerprint density at radius 1 is 1.19 bits per heavy atom. The van der Waals surface area contributed by atoms with Crippen molar-refractivity contribution >= 4 is 15.9 Å². The van der Waals surface area contributed by atoms with E-state index in [-0.39, 0.29) is 0 Å². The molecule has 0 amide bonds. The minimum Gasteiger partial charge on any atom is -0.437 e. The second-order valence-corrected chi connectivity index (χ2v) is 4.35. The summed E-state index contributed by atoms with van der Waals surface area (Å²) in [5.74, 6) is 1.26. The van der Waals surface area contributed by atoms with Crippen LogP contribution in [0, 0.1) is 13.8 Å². The van der Waals surface area contributed by atoms with Crippen molar-refractivity contribution in [1.82, 2.24) is 9.97 Å². The number of hydrogen-bond acceptors (Lipinski definition) is 3. The molecule has 1 aromatic carbocycles. The number of halogens is 1. The summed E-state index contributed by atoms with van der Waals surface area (Å²) in [6.07, 6.45) is 1.63. The van der Waals surface area contributed by atoms with Gasteiger partial charge in [0.05, 0.1) is 17.6 Å². The second-order valence-electron chi connectivity index (χ2n) is 3.44. The van der Waals surface area contributed by atoms with Crippen molar-refractivity contribution in [3.63, 3.8) is 0 Å². The van der Waals surface area contributed by atoms with Gasteiger partial charge in [-0.15, -0.1) is 0 Å². The molecule has 0 saturated carbocycles. The molecule has 2 aromatic rings. The first-order valence-electron chi connectivity index (χ1n) is 4.89. The number of ether oxygens (including phenoxy) is 1. The maximum absolute atomic E-state index is 5.59. The summed E-state index contributed by atoms with van der Waals surface area (Å²) in [5, 5.41) is 0. The number of aryl methyl sites for hydroxylation is 2. The minimum absolute atomic E-state index is 0.515. The predicted octanol–water partition coefficient (Wildman–Crippen LogP) is 3.65. The van der Waals surface area contributed by atoms with Crippen molar-refractivity contribution in [1.29, 1.82) is 0 Å². The molecule has 0 aliphatic rings. The summed E-state index contributed by atoms with van der Waals surface area (Å²) < 4.78 is 6.57. The van der Waals surface area contributed by atoms with Gasteiger partial charge in [-0.25, -0.2) is 4.98 Å². The van der Waals surface area contributed by atoms with Gasteiger partial charge in [0.2, 0.25) is 5.88 Å². The van der Waals surface area contributed by atoms with Gasteiger partial charge in [0.15, 0.2) is 0 Å². The van der Waals surface area contributed by atoms with Crippen molar-refractivity contribution in [2.45, 2.75) is 13.8 Å². The van der Waals surface area contributed by atoms with E-state index in [0.717, 1.165) is 21.6 Å². The smallest absolute Gasteiger partial charge is 0.238 e. The number of benzene rings is 1. The monoisotopic (exact) mass is 278 g/mol. The van der Waals surface area contributed by atoms with E-state index in [4.69, 9.17) is 4.74 Å². The van der Waals surface area contributed by atoms with E-state index in [1.807, 2.05) is 38.1 Å². The lowest BCUT2D eigenvalue weighted by molar-refractivity contribution is 0.457. The Balaban J connectivity index is 2.24. The van der Waals surface area contributed by atoms with Gasteiger partial charge in [-0.1, -0.05) is 22.0 Å². The highest BCUT2D eigenvalue weighted by Crippen LogP contribution is 2.22. The van der Waals surface area contributed by atoms with Crippen molar-refractivity contribution in [2.75, 3.05) is 0 Å². The molecule has 16 heavy (non-hydrogen) atoms. The molecule has 0 aliphatic carbocycles. The fourth-order valence-electron chi connectivity index (χ4n) is 1.22. The molecule has 0 radical (unpaired) electrons. The normalized spacial score (nSPS) is 10.2. The van der Waals surface area contributed by atoms with Gasteiger partial charge in [0.25, 0.3) is 0 Å². The molecule has 2 rings (SSSR count). The quantitative estimate of drug-likeness (QED) is 0.841. The first-order chi connectivity index (χ1) is 7.65. The van der Waals surface area contributed by atoms with Crippen LogP contribution in [0.5, 0.6) is 11.6 Å². The second kappa shape index (κ2) is 4.61. The third-order valence-electron chi connectivity index (χ3n) is 2.19. The Morgan fingerprint density at radius 2 is 2.00 bits per heavy atom. The van der Waals surface area contributed by atoms with Gasteiger partial charge in [-0.05, 0) is 32.0 Å². The summed E-state index contributed by atoms with van der Waals surface area (Å²) in [4.78, 5) is 8.50. The van der Waals surface area contributed by atoms with Gasteiger partial charge in [-0.2, -0.15) is 0 Å². The summed E-state index contributed by atoms with van der Waals surface area (Å²) in [6, 6.07) is 7.62. The molecule has 1 heterocycles. The molecule has 3 nitrogen and oxygen atoms in total. The van der Waals surface area contributed by atoms with Crippen LogP contribution in [0.4, 0.5) is 0 Å². The molecule has 0 fully saturated rings. The van der Waals surface area contributed by atoms with Crippen molar-refractivity contribution in [3.05, 3.63) is 46.3 Å². The molecule has 1 aromatic heterocycles. The lowest BCUT2D eigenvalue weighted by atomic mass is 10.3. The van der Waals surface area contributed by atoms with E-state index in [2.05, 4.69) is 25.9 Å². The van der Waals surface area contributed by atoms with Gasteiger partial charge >= 0.3 is 0 Å². The average Bonchev–Trinajstić information content (AvgIpc) is 2.24. The van der Waals surface area contributed by atoms with Crippen LogP contribution in [-0.4, -0.2) is 9.97 Å². The average molecular weight is 279 g/mol. The Hall–Kier alpha value is -1.42. The van der Waals surface area contributed by atoms with E-state index >= 15 is 0 Å². The molecule has 0 aliphatic heterocycles. The van der Waals surface area contributed by atoms with Crippen LogP contribution in [0.2, 0.25) is 0 Å². The molecular weight excluding hydrogens is 268 g/mol. The Bertz CT molecular complexity index is 514. The van der Waals surface area contributed by atoms with Crippen LogP contribution in [0.1, 0.15) is 11.4 Å². The van der Waals surface area contributed by atoms with Gasteiger partial charge in [-0.3, -0.25) is 4.98 Å². The zero-order valence-electron chi connectivity index (χ0n) is 9.07. The van der Waals surface area contributed by atoms with Gasteiger partial charge in [0, 0.05) is 4.47 Å². The van der Waals surface area contributed by atoms with Gasteiger partial charge < -0.3 is 4.74 Å². The van der Waals surface area contributed by atoms with Crippen LogP contribution in [-0.2, 0) is 0 Å². The van der Waals surface area contributed by atoms with Crippen molar-refractivity contribution in [3.8, 4) is 11.6 Å². The molecule has 0 spiro atoms. The fraction of sp³-hybridized carbons (Fsp3) is 0.167. The number of rotatable bonds is 2. The Kier molecular flexibility index (Phi) is 3.19. The van der Waals surface area contributed by atoms with E-state index in [0.29, 0.717) is 5.88 Å². The predicted molar refractivity (Wildman–Crippen MR) is 65.7 cm³/mol. The van der Waals surface area contributed by atoms with Crippen LogP contribution < -0.4 is 4.74 Å². The van der Waals surface area contributed by atoms with E-state index in [9.17, 15) is 0 Å². The molecule has 82 valence electrons. The zero-order chi connectivity index (χ0) is 11.5. The Labute approximate surface area is 103 Å². The van der Waals surface area contributed by atoms with Crippen LogP contribution >= 0.6 is 15.9 Å². The first kappa shape index (κ1) is 11.1. The third kappa shape index (κ3) is 2.58. The molecular formula is C12H11BrN2O. The number of aromatic nitrogens is 2. The SMILES string of the molecule is Cc1ncc(Oc2cccc(Br)c2)nc1C. The highest BCUT2D eigenvalue weighted by Gasteiger charge is 2.02. The maximum atomic E-state index is 5.59. The van der Waals surface area contributed by atoms with Crippen LogP contribution in [0.25, 0.3) is 0 Å². The number of hydrogen-bond donors (Lipinski definition) is 0. The topological polar surface area (TPSA) is 35.0 Å². The fourth-order valence-corrected chi connectivity index (χ4v) is 1.60. The van der Waals surface area contributed by atoms with Crippen LogP contribution in [0.15, 0.2) is 34.9 Å². The lowest BCUT2D eigenvalue weighted by Crippen LogP contribution is -1.94. The molecule has 0 saturated heterocycles. The van der Waals surface area contributed by atoms with E-state index < -0.39 is 0 Å². The summed E-state index contributed by atoms with van der Waals surface area (Å²) in [5.41, 5.74) is 1.80. The standard InChI is InChI=1S/C12H11BrN2O/c1-8-9(2)15-12(7-14-8)16-11-5-3-4-10(13)6-11/h3-7H,1-2H3.